The molecule has 0 N–H and O–H groups in total. The van der Waals surface area contributed by atoms with Gasteiger partial charge in [0.1, 0.15) is 5.82 Å². The maximum absolute atomic E-state index is 12.7. The molecule has 0 spiro atoms. The van der Waals surface area contributed by atoms with E-state index in [-0.39, 0.29) is 11.9 Å². The van der Waals surface area contributed by atoms with Crippen molar-refractivity contribution in [2.24, 2.45) is 0 Å². The number of benzene rings is 1. The van der Waals surface area contributed by atoms with Crippen LogP contribution in [0.25, 0.3) is 0 Å². The summed E-state index contributed by atoms with van der Waals surface area (Å²) in [5, 5.41) is 8.58. The number of hydrogen-bond donors (Lipinski definition) is 0. The van der Waals surface area contributed by atoms with Gasteiger partial charge in [-0.15, -0.1) is 0 Å². The maximum Gasteiger partial charge on any atom is 0.123 e. The molecule has 86 valence electrons. The Morgan fingerprint density at radius 3 is 2.56 bits per heavy atom. The summed E-state index contributed by atoms with van der Waals surface area (Å²) in [5.74, 6) is -0.199. The molecule has 0 aliphatic rings. The Hall–Kier alpha value is -1.40. The van der Waals surface area contributed by atoms with Crippen molar-refractivity contribution in [3.05, 3.63) is 35.6 Å². The van der Waals surface area contributed by atoms with Crippen molar-refractivity contribution in [1.82, 2.24) is 4.90 Å². The lowest BCUT2D eigenvalue weighted by Crippen LogP contribution is -2.30. The summed E-state index contributed by atoms with van der Waals surface area (Å²) in [6.45, 7) is 2.92. The highest BCUT2D eigenvalue weighted by atomic mass is 19.1. The van der Waals surface area contributed by atoms with Crippen LogP contribution in [0.15, 0.2) is 24.3 Å². The van der Waals surface area contributed by atoms with Gasteiger partial charge in [0.25, 0.3) is 0 Å². The van der Waals surface area contributed by atoms with Crippen molar-refractivity contribution in [2.45, 2.75) is 25.8 Å². The zero-order valence-corrected chi connectivity index (χ0v) is 9.78. The monoisotopic (exact) mass is 220 g/mol. The van der Waals surface area contributed by atoms with E-state index in [0.717, 1.165) is 18.5 Å². The minimum absolute atomic E-state index is 0.199. The smallest absolute Gasteiger partial charge is 0.123 e. The first-order valence-corrected chi connectivity index (χ1v) is 5.45. The molecular formula is C13H17FN2. The summed E-state index contributed by atoms with van der Waals surface area (Å²) in [5.41, 5.74) is 1.12. The van der Waals surface area contributed by atoms with E-state index in [0.29, 0.717) is 6.42 Å². The molecule has 0 aliphatic carbocycles. The highest BCUT2D eigenvalue weighted by Gasteiger charge is 2.07. The number of rotatable bonds is 5. The van der Waals surface area contributed by atoms with Gasteiger partial charge in [-0.3, -0.25) is 0 Å². The van der Waals surface area contributed by atoms with Crippen molar-refractivity contribution in [3.8, 4) is 6.07 Å². The SMILES string of the molecule is CC(CC#N)N(C)CCc1ccc(F)cc1. The first-order chi connectivity index (χ1) is 7.63. The number of nitrogens with zero attached hydrogens (tertiary/aromatic N) is 2. The van der Waals surface area contributed by atoms with Crippen LogP contribution in [0.2, 0.25) is 0 Å². The van der Waals surface area contributed by atoms with Gasteiger partial charge in [0.2, 0.25) is 0 Å². The number of nitriles is 1. The third-order valence-corrected chi connectivity index (χ3v) is 2.81. The summed E-state index contributed by atoms with van der Waals surface area (Å²) >= 11 is 0. The lowest BCUT2D eigenvalue weighted by molar-refractivity contribution is 0.264. The van der Waals surface area contributed by atoms with Crippen LogP contribution in [-0.2, 0) is 6.42 Å². The van der Waals surface area contributed by atoms with Crippen LogP contribution in [0.5, 0.6) is 0 Å². The van der Waals surface area contributed by atoms with Crippen LogP contribution in [0.4, 0.5) is 4.39 Å². The topological polar surface area (TPSA) is 27.0 Å². The fourth-order valence-electron chi connectivity index (χ4n) is 1.46. The standard InChI is InChI=1S/C13H17FN2/c1-11(7-9-15)16(2)10-8-12-3-5-13(14)6-4-12/h3-6,11H,7-8,10H2,1-2H3. The van der Waals surface area contributed by atoms with Crippen molar-refractivity contribution < 1.29 is 4.39 Å². The van der Waals surface area contributed by atoms with Crippen molar-refractivity contribution >= 4 is 0 Å². The molecule has 1 rings (SSSR count). The molecule has 0 amide bonds. The van der Waals surface area contributed by atoms with Gasteiger partial charge in [0, 0.05) is 12.6 Å². The van der Waals surface area contributed by atoms with E-state index >= 15 is 0 Å². The Labute approximate surface area is 96.3 Å². The van der Waals surface area contributed by atoms with Gasteiger partial charge in [0.15, 0.2) is 0 Å². The zero-order chi connectivity index (χ0) is 12.0. The molecule has 0 radical (unpaired) electrons. The summed E-state index contributed by atoms with van der Waals surface area (Å²) in [7, 11) is 2.01. The average Bonchev–Trinajstić information content (AvgIpc) is 2.28. The fourth-order valence-corrected chi connectivity index (χ4v) is 1.46. The second kappa shape index (κ2) is 6.24. The third-order valence-electron chi connectivity index (χ3n) is 2.81. The fraction of sp³-hybridized carbons (Fsp3) is 0.462. The number of hydrogen-bond acceptors (Lipinski definition) is 2. The van der Waals surface area contributed by atoms with Gasteiger partial charge in [-0.2, -0.15) is 5.26 Å². The van der Waals surface area contributed by atoms with E-state index in [9.17, 15) is 4.39 Å². The van der Waals surface area contributed by atoms with Gasteiger partial charge >= 0.3 is 0 Å². The van der Waals surface area contributed by atoms with E-state index in [2.05, 4.69) is 11.0 Å². The third kappa shape index (κ3) is 4.00. The van der Waals surface area contributed by atoms with Gasteiger partial charge in [-0.25, -0.2) is 4.39 Å². The normalized spacial score (nSPS) is 12.4. The van der Waals surface area contributed by atoms with E-state index in [1.807, 2.05) is 14.0 Å². The average molecular weight is 220 g/mol. The quantitative estimate of drug-likeness (QED) is 0.762. The molecule has 0 fully saturated rings. The maximum atomic E-state index is 12.7. The molecule has 0 saturated carbocycles. The second-order valence-corrected chi connectivity index (χ2v) is 4.07. The predicted molar refractivity (Wildman–Crippen MR) is 62.4 cm³/mol. The van der Waals surface area contributed by atoms with E-state index in [1.54, 1.807) is 12.1 Å². The molecular weight excluding hydrogens is 203 g/mol. The Morgan fingerprint density at radius 2 is 2.00 bits per heavy atom. The Morgan fingerprint density at radius 1 is 1.38 bits per heavy atom. The molecule has 0 bridgehead atoms. The molecule has 0 heterocycles. The highest BCUT2D eigenvalue weighted by molar-refractivity contribution is 5.16. The zero-order valence-electron chi connectivity index (χ0n) is 9.78. The molecule has 16 heavy (non-hydrogen) atoms. The number of halogens is 1. The lowest BCUT2D eigenvalue weighted by atomic mass is 10.1. The first kappa shape index (κ1) is 12.7. The van der Waals surface area contributed by atoms with Crippen LogP contribution in [0.3, 0.4) is 0 Å². The molecule has 0 aromatic heterocycles. The summed E-state index contributed by atoms with van der Waals surface area (Å²) in [6, 6.07) is 9.00. The largest absolute Gasteiger partial charge is 0.302 e. The van der Waals surface area contributed by atoms with E-state index < -0.39 is 0 Å². The Balaban J connectivity index is 2.40. The summed E-state index contributed by atoms with van der Waals surface area (Å²) in [6.07, 6.45) is 1.42. The van der Waals surface area contributed by atoms with E-state index in [4.69, 9.17) is 5.26 Å². The molecule has 1 atom stereocenters. The molecule has 1 unspecified atom stereocenters. The second-order valence-electron chi connectivity index (χ2n) is 4.07. The molecule has 1 aromatic carbocycles. The number of likely N-dealkylation sites (N-methyl/N-ethyl adjacent to an activating group) is 1. The Kier molecular flexibility index (Phi) is 4.94. The molecule has 1 aromatic rings. The van der Waals surface area contributed by atoms with Crippen molar-refractivity contribution in [1.29, 1.82) is 5.26 Å². The lowest BCUT2D eigenvalue weighted by Gasteiger charge is -2.22. The van der Waals surface area contributed by atoms with Crippen LogP contribution in [-0.4, -0.2) is 24.5 Å². The summed E-state index contributed by atoms with van der Waals surface area (Å²) in [4.78, 5) is 2.15. The first-order valence-electron chi connectivity index (χ1n) is 5.45. The molecule has 0 aliphatic heterocycles. The van der Waals surface area contributed by atoms with Gasteiger partial charge in [-0.1, -0.05) is 12.1 Å². The van der Waals surface area contributed by atoms with Gasteiger partial charge in [-0.05, 0) is 38.1 Å². The molecule has 3 heteroatoms. The van der Waals surface area contributed by atoms with Crippen LogP contribution in [0, 0.1) is 17.1 Å². The van der Waals surface area contributed by atoms with Gasteiger partial charge < -0.3 is 4.90 Å². The van der Waals surface area contributed by atoms with Gasteiger partial charge in [0.05, 0.1) is 12.5 Å². The van der Waals surface area contributed by atoms with Crippen LogP contribution < -0.4 is 0 Å². The Bertz CT molecular complexity index is 353. The predicted octanol–water partition coefficient (Wildman–Crippen LogP) is 2.60. The minimum Gasteiger partial charge on any atom is -0.302 e. The van der Waals surface area contributed by atoms with Crippen molar-refractivity contribution in [2.75, 3.05) is 13.6 Å². The highest BCUT2D eigenvalue weighted by Crippen LogP contribution is 2.06. The van der Waals surface area contributed by atoms with Crippen LogP contribution >= 0.6 is 0 Å². The molecule has 2 nitrogen and oxygen atoms in total. The minimum atomic E-state index is -0.199. The molecule has 0 saturated heterocycles. The van der Waals surface area contributed by atoms with Crippen LogP contribution in [0.1, 0.15) is 18.9 Å². The summed E-state index contributed by atoms with van der Waals surface area (Å²) < 4.78 is 12.7. The van der Waals surface area contributed by atoms with E-state index in [1.165, 1.54) is 12.1 Å². The van der Waals surface area contributed by atoms with Crippen molar-refractivity contribution in [3.63, 3.8) is 0 Å².